The number of rotatable bonds is 8. The summed E-state index contributed by atoms with van der Waals surface area (Å²) in [6.07, 6.45) is 0. The first-order valence-electron chi connectivity index (χ1n) is 7.57. The van der Waals surface area contributed by atoms with Crippen molar-refractivity contribution in [3.05, 3.63) is 23.8 Å². The Morgan fingerprint density at radius 3 is 2.52 bits per heavy atom. The third-order valence-electron chi connectivity index (χ3n) is 3.39. The molecule has 0 bridgehead atoms. The summed E-state index contributed by atoms with van der Waals surface area (Å²) < 4.78 is 4.96. The highest BCUT2D eigenvalue weighted by Gasteiger charge is 2.11. The van der Waals surface area contributed by atoms with E-state index in [1.54, 1.807) is 19.1 Å². The predicted molar refractivity (Wildman–Crippen MR) is 87.7 cm³/mol. The Balaban J connectivity index is 2.70. The van der Waals surface area contributed by atoms with Crippen molar-refractivity contribution in [3.8, 4) is 0 Å². The number of carbonyl (C=O) groups excluding carboxylic acids is 1. The third-order valence-corrected chi connectivity index (χ3v) is 3.39. The van der Waals surface area contributed by atoms with Gasteiger partial charge in [0.2, 0.25) is 0 Å². The van der Waals surface area contributed by atoms with Crippen molar-refractivity contribution in [2.45, 2.75) is 33.7 Å². The summed E-state index contributed by atoms with van der Waals surface area (Å²) in [5.41, 5.74) is 7.91. The average molecular weight is 293 g/mol. The highest BCUT2D eigenvalue weighted by atomic mass is 16.5. The van der Waals surface area contributed by atoms with Crippen molar-refractivity contribution in [2.24, 2.45) is 0 Å². The summed E-state index contributed by atoms with van der Waals surface area (Å²) >= 11 is 0. The molecule has 0 amide bonds. The average Bonchev–Trinajstić information content (AvgIpc) is 2.47. The minimum absolute atomic E-state index is 0.278. The Labute approximate surface area is 127 Å². The Morgan fingerprint density at radius 1 is 1.33 bits per heavy atom. The van der Waals surface area contributed by atoms with E-state index in [0.717, 1.165) is 25.3 Å². The van der Waals surface area contributed by atoms with Gasteiger partial charge in [-0.3, -0.25) is 0 Å². The predicted octanol–water partition coefficient (Wildman–Crippen LogP) is 2.59. The fraction of sp³-hybridized carbons (Fsp3) is 0.562. The fourth-order valence-electron chi connectivity index (χ4n) is 2.22. The molecular weight excluding hydrogens is 266 g/mol. The smallest absolute Gasteiger partial charge is 0.338 e. The molecule has 0 fully saturated rings. The Hall–Kier alpha value is -1.75. The number of carbonyl (C=O) groups is 1. The van der Waals surface area contributed by atoms with Crippen molar-refractivity contribution >= 4 is 17.3 Å². The van der Waals surface area contributed by atoms with E-state index in [0.29, 0.717) is 17.9 Å². The van der Waals surface area contributed by atoms with Gasteiger partial charge in [0.15, 0.2) is 0 Å². The van der Waals surface area contributed by atoms with Crippen molar-refractivity contribution < 1.29 is 9.53 Å². The largest absolute Gasteiger partial charge is 0.462 e. The molecule has 21 heavy (non-hydrogen) atoms. The normalized spacial score (nSPS) is 12.2. The second kappa shape index (κ2) is 8.52. The van der Waals surface area contributed by atoms with E-state index in [4.69, 9.17) is 10.5 Å². The second-order valence-corrected chi connectivity index (χ2v) is 5.05. The fourth-order valence-corrected chi connectivity index (χ4v) is 2.22. The maximum atomic E-state index is 11.6. The molecule has 3 N–H and O–H groups in total. The molecule has 0 aliphatic rings. The van der Waals surface area contributed by atoms with E-state index in [1.807, 2.05) is 6.07 Å². The lowest BCUT2D eigenvalue weighted by atomic mass is 10.1. The van der Waals surface area contributed by atoms with Gasteiger partial charge in [-0.15, -0.1) is 0 Å². The van der Waals surface area contributed by atoms with E-state index in [1.165, 1.54) is 0 Å². The van der Waals surface area contributed by atoms with Crippen LogP contribution in [0.1, 0.15) is 38.1 Å². The number of likely N-dealkylation sites (N-methyl/N-ethyl adjacent to an activating group) is 1. The number of hydrogen-bond acceptors (Lipinski definition) is 5. The molecule has 5 heteroatoms. The van der Waals surface area contributed by atoms with Gasteiger partial charge in [-0.05, 0) is 45.1 Å². The third kappa shape index (κ3) is 5.27. The molecule has 118 valence electrons. The number of nitrogen functional groups attached to an aromatic ring is 1. The minimum Gasteiger partial charge on any atom is -0.462 e. The first kappa shape index (κ1) is 17.3. The minimum atomic E-state index is -0.341. The molecule has 1 aromatic rings. The van der Waals surface area contributed by atoms with Crippen molar-refractivity contribution in [3.63, 3.8) is 0 Å². The van der Waals surface area contributed by atoms with E-state index in [2.05, 4.69) is 31.0 Å². The van der Waals surface area contributed by atoms with E-state index < -0.39 is 0 Å². The van der Waals surface area contributed by atoms with Crippen LogP contribution in [0.3, 0.4) is 0 Å². The zero-order valence-electron chi connectivity index (χ0n) is 13.5. The van der Waals surface area contributed by atoms with Gasteiger partial charge < -0.3 is 20.7 Å². The molecule has 0 saturated heterocycles. The highest BCUT2D eigenvalue weighted by molar-refractivity contribution is 5.91. The number of nitrogens with two attached hydrogens (primary N) is 1. The van der Waals surface area contributed by atoms with Crippen LogP contribution in [-0.4, -0.2) is 43.2 Å². The molecule has 5 nitrogen and oxygen atoms in total. The molecule has 1 atom stereocenters. The molecule has 1 rings (SSSR count). The number of nitrogens with zero attached hydrogens (tertiary/aromatic N) is 1. The number of esters is 1. The molecule has 1 unspecified atom stereocenters. The highest BCUT2D eigenvalue weighted by Crippen LogP contribution is 2.21. The van der Waals surface area contributed by atoms with Crippen molar-refractivity contribution in [1.29, 1.82) is 0 Å². The van der Waals surface area contributed by atoms with E-state index in [9.17, 15) is 4.79 Å². The Morgan fingerprint density at radius 2 is 2.00 bits per heavy atom. The maximum Gasteiger partial charge on any atom is 0.338 e. The molecule has 0 saturated carbocycles. The van der Waals surface area contributed by atoms with Crippen LogP contribution in [0, 0.1) is 0 Å². The van der Waals surface area contributed by atoms with Crippen LogP contribution >= 0.6 is 0 Å². The Kier molecular flexibility index (Phi) is 7.02. The number of hydrogen-bond donors (Lipinski definition) is 2. The zero-order chi connectivity index (χ0) is 15.8. The van der Waals surface area contributed by atoms with Gasteiger partial charge in [0.1, 0.15) is 0 Å². The van der Waals surface area contributed by atoms with Gasteiger partial charge >= 0.3 is 5.97 Å². The number of anilines is 2. The van der Waals surface area contributed by atoms with Crippen molar-refractivity contribution in [1.82, 2.24) is 4.90 Å². The number of ether oxygens (including phenoxy) is 1. The lowest BCUT2D eigenvalue weighted by molar-refractivity contribution is 0.0526. The molecule has 0 heterocycles. The number of nitrogens with one attached hydrogen (secondary N) is 1. The molecule has 0 aromatic heterocycles. The Bertz CT molecular complexity index is 459. The van der Waals surface area contributed by atoms with Crippen LogP contribution in [0.4, 0.5) is 11.4 Å². The standard InChI is InChI=1S/C16H27N3O2/c1-5-19(6-2)11-12(4)18-15-9-8-13(10-14(15)17)16(20)21-7-3/h8-10,12,18H,5-7,11,17H2,1-4H3. The molecular formula is C16H27N3O2. The van der Waals surface area contributed by atoms with Crippen LogP contribution in [-0.2, 0) is 4.74 Å². The summed E-state index contributed by atoms with van der Waals surface area (Å²) in [4.78, 5) is 14.0. The van der Waals surface area contributed by atoms with Gasteiger partial charge in [-0.1, -0.05) is 13.8 Å². The summed E-state index contributed by atoms with van der Waals surface area (Å²) in [7, 11) is 0. The van der Waals surface area contributed by atoms with Gasteiger partial charge in [-0.25, -0.2) is 4.79 Å². The van der Waals surface area contributed by atoms with Crippen LogP contribution in [0.5, 0.6) is 0 Å². The summed E-state index contributed by atoms with van der Waals surface area (Å²) in [6.45, 7) is 11.6. The monoisotopic (exact) mass is 293 g/mol. The molecule has 0 radical (unpaired) electrons. The topological polar surface area (TPSA) is 67.6 Å². The van der Waals surface area contributed by atoms with Gasteiger partial charge in [0.25, 0.3) is 0 Å². The van der Waals surface area contributed by atoms with Crippen molar-refractivity contribution in [2.75, 3.05) is 37.3 Å². The van der Waals surface area contributed by atoms with Gasteiger partial charge in [0.05, 0.1) is 23.5 Å². The van der Waals surface area contributed by atoms with E-state index >= 15 is 0 Å². The summed E-state index contributed by atoms with van der Waals surface area (Å²) in [5, 5.41) is 3.39. The van der Waals surface area contributed by atoms with Gasteiger partial charge in [0, 0.05) is 12.6 Å². The first-order chi connectivity index (χ1) is 10.0. The van der Waals surface area contributed by atoms with Gasteiger partial charge in [-0.2, -0.15) is 0 Å². The summed E-state index contributed by atoms with van der Waals surface area (Å²) in [6, 6.07) is 5.51. The van der Waals surface area contributed by atoms with Crippen LogP contribution in [0.25, 0.3) is 0 Å². The second-order valence-electron chi connectivity index (χ2n) is 5.05. The molecule has 0 aliphatic heterocycles. The first-order valence-corrected chi connectivity index (χ1v) is 7.57. The van der Waals surface area contributed by atoms with Crippen LogP contribution < -0.4 is 11.1 Å². The molecule has 1 aromatic carbocycles. The van der Waals surface area contributed by atoms with E-state index in [-0.39, 0.29) is 12.0 Å². The SMILES string of the molecule is CCOC(=O)c1ccc(NC(C)CN(CC)CC)c(N)c1. The summed E-state index contributed by atoms with van der Waals surface area (Å²) in [5.74, 6) is -0.341. The van der Waals surface area contributed by atoms with Crippen LogP contribution in [0.15, 0.2) is 18.2 Å². The lowest BCUT2D eigenvalue weighted by Crippen LogP contribution is -2.34. The van der Waals surface area contributed by atoms with Crippen LogP contribution in [0.2, 0.25) is 0 Å². The molecule has 0 spiro atoms. The number of benzene rings is 1. The lowest BCUT2D eigenvalue weighted by Gasteiger charge is -2.24. The molecule has 0 aliphatic carbocycles. The zero-order valence-corrected chi connectivity index (χ0v) is 13.5. The quantitative estimate of drug-likeness (QED) is 0.569. The maximum absolute atomic E-state index is 11.6.